The van der Waals surface area contributed by atoms with Gasteiger partial charge in [-0.2, -0.15) is 0 Å². The van der Waals surface area contributed by atoms with Gasteiger partial charge in [-0.3, -0.25) is 0 Å². The number of halogens is 1. The molecular weight excluding hydrogens is 227 g/mol. The highest BCUT2D eigenvalue weighted by molar-refractivity contribution is 14.1. The Kier molecular flexibility index (Phi) is 7.33. The van der Waals surface area contributed by atoms with Gasteiger partial charge in [0, 0.05) is 10.5 Å². The molecule has 0 aliphatic rings. The van der Waals surface area contributed by atoms with E-state index in [0.717, 1.165) is 10.3 Å². The van der Waals surface area contributed by atoms with Crippen LogP contribution >= 0.6 is 22.6 Å². The molecule has 0 aromatic carbocycles. The SMILES string of the molecule is CC(I)CCCCCO. The molecule has 0 aromatic heterocycles. The Morgan fingerprint density at radius 3 is 2.44 bits per heavy atom. The van der Waals surface area contributed by atoms with Crippen molar-refractivity contribution in [1.29, 1.82) is 0 Å². The highest BCUT2D eigenvalue weighted by Crippen LogP contribution is 2.09. The van der Waals surface area contributed by atoms with Crippen molar-refractivity contribution in [1.82, 2.24) is 0 Å². The maximum absolute atomic E-state index is 8.43. The summed E-state index contributed by atoms with van der Waals surface area (Å²) >= 11 is 2.43. The van der Waals surface area contributed by atoms with Crippen molar-refractivity contribution < 1.29 is 5.11 Å². The molecule has 1 unspecified atom stereocenters. The first kappa shape index (κ1) is 9.69. The fourth-order valence-corrected chi connectivity index (χ4v) is 1.15. The van der Waals surface area contributed by atoms with Crippen LogP contribution in [0, 0.1) is 0 Å². The first-order chi connectivity index (χ1) is 4.27. The Morgan fingerprint density at radius 1 is 1.33 bits per heavy atom. The molecule has 0 aliphatic carbocycles. The first-order valence-corrected chi connectivity index (χ1v) is 4.77. The average Bonchev–Trinajstić information content (AvgIpc) is 1.80. The lowest BCUT2D eigenvalue weighted by Crippen LogP contribution is -1.90. The van der Waals surface area contributed by atoms with E-state index in [-0.39, 0.29) is 0 Å². The van der Waals surface area contributed by atoms with Crippen LogP contribution in [0.4, 0.5) is 0 Å². The summed E-state index contributed by atoms with van der Waals surface area (Å²) in [5.74, 6) is 0. The summed E-state index contributed by atoms with van der Waals surface area (Å²) < 4.78 is 0.793. The van der Waals surface area contributed by atoms with Crippen molar-refractivity contribution in [3.63, 3.8) is 0 Å². The minimum atomic E-state index is 0.357. The van der Waals surface area contributed by atoms with Crippen LogP contribution in [-0.4, -0.2) is 15.6 Å². The molecule has 1 atom stereocenters. The maximum atomic E-state index is 8.43. The maximum Gasteiger partial charge on any atom is 0.0431 e. The average molecular weight is 242 g/mol. The number of alkyl halides is 1. The van der Waals surface area contributed by atoms with E-state index < -0.39 is 0 Å². The third-order valence-corrected chi connectivity index (χ3v) is 1.88. The Morgan fingerprint density at radius 2 is 2.00 bits per heavy atom. The molecule has 2 heteroatoms. The van der Waals surface area contributed by atoms with Crippen molar-refractivity contribution in [3.05, 3.63) is 0 Å². The van der Waals surface area contributed by atoms with Crippen LogP contribution in [0.1, 0.15) is 32.6 Å². The van der Waals surface area contributed by atoms with Gasteiger partial charge in [-0.05, 0) is 12.8 Å². The smallest absolute Gasteiger partial charge is 0.0431 e. The standard InChI is InChI=1S/C7H15IO/c1-7(8)5-3-2-4-6-9/h7,9H,2-6H2,1H3. The normalized spacial score (nSPS) is 13.7. The van der Waals surface area contributed by atoms with Crippen LogP contribution in [0.5, 0.6) is 0 Å². The van der Waals surface area contributed by atoms with Gasteiger partial charge >= 0.3 is 0 Å². The van der Waals surface area contributed by atoms with Crippen LogP contribution in [0.2, 0.25) is 0 Å². The number of aliphatic hydroxyl groups excluding tert-OH is 1. The van der Waals surface area contributed by atoms with Gasteiger partial charge in [0.25, 0.3) is 0 Å². The molecule has 0 spiro atoms. The van der Waals surface area contributed by atoms with Gasteiger partial charge < -0.3 is 5.11 Å². The van der Waals surface area contributed by atoms with E-state index in [0.29, 0.717) is 6.61 Å². The van der Waals surface area contributed by atoms with Crippen LogP contribution in [0.15, 0.2) is 0 Å². The lowest BCUT2D eigenvalue weighted by atomic mass is 10.2. The molecule has 0 bridgehead atoms. The third-order valence-electron chi connectivity index (χ3n) is 1.26. The van der Waals surface area contributed by atoms with Gasteiger partial charge in [0.15, 0.2) is 0 Å². The monoisotopic (exact) mass is 242 g/mol. The van der Waals surface area contributed by atoms with Crippen LogP contribution in [0.25, 0.3) is 0 Å². The molecule has 0 saturated carbocycles. The zero-order valence-corrected chi connectivity index (χ0v) is 8.10. The summed E-state index contributed by atoms with van der Waals surface area (Å²) in [5, 5.41) is 8.43. The predicted octanol–water partition coefficient (Wildman–Crippen LogP) is 2.36. The number of hydrogen-bond acceptors (Lipinski definition) is 1. The highest BCUT2D eigenvalue weighted by Gasteiger charge is 1.93. The van der Waals surface area contributed by atoms with E-state index in [9.17, 15) is 0 Å². The minimum Gasteiger partial charge on any atom is -0.396 e. The fourth-order valence-electron chi connectivity index (χ4n) is 0.714. The third kappa shape index (κ3) is 8.69. The Bertz CT molecular complexity index is 54.9. The fraction of sp³-hybridized carbons (Fsp3) is 1.00. The quantitative estimate of drug-likeness (QED) is 0.445. The second-order valence-electron chi connectivity index (χ2n) is 2.35. The lowest BCUT2D eigenvalue weighted by Gasteiger charge is -2.00. The number of aliphatic hydroxyl groups is 1. The predicted molar refractivity (Wildman–Crippen MR) is 49.0 cm³/mol. The van der Waals surface area contributed by atoms with E-state index >= 15 is 0 Å². The van der Waals surface area contributed by atoms with Crippen molar-refractivity contribution in [2.45, 2.75) is 36.5 Å². The summed E-state index contributed by atoms with van der Waals surface area (Å²) in [6.45, 7) is 2.58. The molecule has 1 N–H and O–H groups in total. The van der Waals surface area contributed by atoms with E-state index in [1.807, 2.05) is 0 Å². The number of hydrogen-bond donors (Lipinski definition) is 1. The minimum absolute atomic E-state index is 0.357. The molecule has 0 amide bonds. The van der Waals surface area contributed by atoms with Gasteiger partial charge in [-0.1, -0.05) is 42.4 Å². The van der Waals surface area contributed by atoms with Crippen molar-refractivity contribution >= 4 is 22.6 Å². The molecule has 56 valence electrons. The van der Waals surface area contributed by atoms with Crippen molar-refractivity contribution in [2.24, 2.45) is 0 Å². The molecule has 0 aliphatic heterocycles. The van der Waals surface area contributed by atoms with Gasteiger partial charge in [0.05, 0.1) is 0 Å². The van der Waals surface area contributed by atoms with Gasteiger partial charge in [-0.25, -0.2) is 0 Å². The van der Waals surface area contributed by atoms with E-state index in [2.05, 4.69) is 29.5 Å². The van der Waals surface area contributed by atoms with Crippen LogP contribution < -0.4 is 0 Å². The second kappa shape index (κ2) is 6.81. The summed E-state index contributed by atoms with van der Waals surface area (Å²) in [6, 6.07) is 0. The summed E-state index contributed by atoms with van der Waals surface area (Å²) in [4.78, 5) is 0. The first-order valence-electron chi connectivity index (χ1n) is 3.52. The van der Waals surface area contributed by atoms with E-state index in [1.165, 1.54) is 19.3 Å². The highest BCUT2D eigenvalue weighted by atomic mass is 127. The summed E-state index contributed by atoms with van der Waals surface area (Å²) in [6.07, 6.45) is 4.72. The molecule has 0 radical (unpaired) electrons. The summed E-state index contributed by atoms with van der Waals surface area (Å²) in [5.41, 5.74) is 0. The van der Waals surface area contributed by atoms with Gasteiger partial charge in [0.1, 0.15) is 0 Å². The molecule has 0 aromatic rings. The lowest BCUT2D eigenvalue weighted by molar-refractivity contribution is 0.282. The number of rotatable bonds is 5. The van der Waals surface area contributed by atoms with Gasteiger partial charge in [0.2, 0.25) is 0 Å². The Labute approximate surface area is 71.0 Å². The van der Waals surface area contributed by atoms with Crippen molar-refractivity contribution in [2.75, 3.05) is 6.61 Å². The van der Waals surface area contributed by atoms with E-state index in [1.54, 1.807) is 0 Å². The van der Waals surface area contributed by atoms with Crippen LogP contribution in [0.3, 0.4) is 0 Å². The second-order valence-corrected chi connectivity index (χ2v) is 4.48. The molecule has 1 nitrogen and oxygen atoms in total. The van der Waals surface area contributed by atoms with Gasteiger partial charge in [-0.15, -0.1) is 0 Å². The molecule has 9 heavy (non-hydrogen) atoms. The van der Waals surface area contributed by atoms with Crippen LogP contribution in [-0.2, 0) is 0 Å². The molecule has 0 saturated heterocycles. The molecular formula is C7H15IO. The summed E-state index contributed by atoms with van der Waals surface area (Å²) in [7, 11) is 0. The topological polar surface area (TPSA) is 20.2 Å². The molecule has 0 fully saturated rings. The van der Waals surface area contributed by atoms with Crippen molar-refractivity contribution in [3.8, 4) is 0 Å². The number of unbranched alkanes of at least 4 members (excludes halogenated alkanes) is 2. The molecule has 0 heterocycles. The van der Waals surface area contributed by atoms with E-state index in [4.69, 9.17) is 5.11 Å². The largest absolute Gasteiger partial charge is 0.396 e. The zero-order chi connectivity index (χ0) is 7.11. The Balaban J connectivity index is 2.75. The Hall–Kier alpha value is 0.690. The zero-order valence-electron chi connectivity index (χ0n) is 5.94. The molecule has 0 rings (SSSR count).